The van der Waals surface area contributed by atoms with Crippen LogP contribution in [-0.2, 0) is 17.8 Å². The van der Waals surface area contributed by atoms with Gasteiger partial charge in [0.15, 0.2) is 0 Å². The van der Waals surface area contributed by atoms with Crippen LogP contribution >= 0.6 is 11.8 Å². The Bertz CT molecular complexity index is 867. The van der Waals surface area contributed by atoms with Crippen molar-refractivity contribution in [3.05, 3.63) is 54.0 Å². The number of anilines is 1. The van der Waals surface area contributed by atoms with E-state index in [4.69, 9.17) is 9.68 Å². The molecule has 0 aliphatic carbocycles. The predicted molar refractivity (Wildman–Crippen MR) is 90.7 cm³/mol. The molecule has 126 valence electrons. The van der Waals surface area contributed by atoms with Crippen LogP contribution in [-0.4, -0.2) is 31.9 Å². The number of thioether (sulfide) groups is 1. The molecule has 25 heavy (non-hydrogen) atoms. The van der Waals surface area contributed by atoms with Crippen molar-refractivity contribution in [2.45, 2.75) is 18.1 Å². The summed E-state index contributed by atoms with van der Waals surface area (Å²) >= 11 is 1.24. The molecule has 0 spiro atoms. The molecular formula is C16H14N6O2S. The van der Waals surface area contributed by atoms with Gasteiger partial charge in [0.1, 0.15) is 12.3 Å². The number of rotatable bonds is 7. The molecule has 9 heteroatoms. The third-order valence-corrected chi connectivity index (χ3v) is 4.20. The lowest BCUT2D eigenvalue weighted by molar-refractivity contribution is -0.113. The number of hydrogen-bond donors (Lipinski definition) is 1. The lowest BCUT2D eigenvalue weighted by Gasteiger charge is -2.06. The van der Waals surface area contributed by atoms with E-state index in [1.54, 1.807) is 29.1 Å². The summed E-state index contributed by atoms with van der Waals surface area (Å²) in [6, 6.07) is 12.9. The lowest BCUT2D eigenvalue weighted by Crippen LogP contribution is -2.14. The number of tetrazole rings is 1. The van der Waals surface area contributed by atoms with Crippen molar-refractivity contribution in [1.82, 2.24) is 20.2 Å². The van der Waals surface area contributed by atoms with Gasteiger partial charge in [-0.1, -0.05) is 23.9 Å². The molecule has 3 rings (SSSR count). The summed E-state index contributed by atoms with van der Waals surface area (Å²) in [5.74, 6) is 0.750. The SMILES string of the molecule is N#CCc1ccc(NC(=O)CSc2nnnn2Cc2ccco2)cc1. The van der Waals surface area contributed by atoms with Gasteiger partial charge in [-0.05, 0) is 40.3 Å². The molecule has 1 N–H and O–H groups in total. The van der Waals surface area contributed by atoms with E-state index < -0.39 is 0 Å². The van der Waals surface area contributed by atoms with Gasteiger partial charge in [-0.15, -0.1) is 5.10 Å². The summed E-state index contributed by atoms with van der Waals surface area (Å²) in [6.45, 7) is 0.407. The average molecular weight is 354 g/mol. The Morgan fingerprint density at radius 2 is 2.16 bits per heavy atom. The van der Waals surface area contributed by atoms with Crippen molar-refractivity contribution >= 4 is 23.4 Å². The third-order valence-electron chi connectivity index (χ3n) is 3.24. The Labute approximate surface area is 147 Å². The van der Waals surface area contributed by atoms with Crippen molar-refractivity contribution in [1.29, 1.82) is 5.26 Å². The highest BCUT2D eigenvalue weighted by Crippen LogP contribution is 2.16. The van der Waals surface area contributed by atoms with Crippen LogP contribution in [0.5, 0.6) is 0 Å². The number of hydrogen-bond acceptors (Lipinski definition) is 7. The smallest absolute Gasteiger partial charge is 0.234 e. The van der Waals surface area contributed by atoms with Crippen LogP contribution in [0.25, 0.3) is 0 Å². The normalized spacial score (nSPS) is 10.4. The van der Waals surface area contributed by atoms with E-state index in [9.17, 15) is 4.79 Å². The van der Waals surface area contributed by atoms with E-state index in [1.807, 2.05) is 18.2 Å². The highest BCUT2D eigenvalue weighted by atomic mass is 32.2. The summed E-state index contributed by atoms with van der Waals surface area (Å²) in [6.07, 6.45) is 1.93. The van der Waals surface area contributed by atoms with E-state index in [2.05, 4.69) is 26.9 Å². The zero-order valence-corrected chi connectivity index (χ0v) is 13.9. The standard InChI is InChI=1S/C16H14N6O2S/c17-8-7-12-3-5-13(6-4-12)18-15(23)11-25-16-19-20-21-22(16)10-14-2-1-9-24-14/h1-6,9H,7,10-11H2,(H,18,23). The van der Waals surface area contributed by atoms with Crippen LogP contribution < -0.4 is 5.32 Å². The van der Waals surface area contributed by atoms with E-state index >= 15 is 0 Å². The van der Waals surface area contributed by atoms with Crippen LogP contribution in [0.4, 0.5) is 5.69 Å². The number of carbonyl (C=O) groups excluding carboxylic acids is 1. The van der Waals surface area contributed by atoms with Gasteiger partial charge in [0, 0.05) is 5.69 Å². The molecule has 0 saturated carbocycles. The summed E-state index contributed by atoms with van der Waals surface area (Å²) in [7, 11) is 0. The van der Waals surface area contributed by atoms with Crippen LogP contribution in [0.1, 0.15) is 11.3 Å². The summed E-state index contributed by atoms with van der Waals surface area (Å²) in [5, 5.41) is 23.4. The molecule has 0 aliphatic heterocycles. The maximum atomic E-state index is 12.1. The Morgan fingerprint density at radius 1 is 1.32 bits per heavy atom. The zero-order valence-electron chi connectivity index (χ0n) is 13.1. The van der Waals surface area contributed by atoms with Crippen molar-refractivity contribution in [2.24, 2.45) is 0 Å². The largest absolute Gasteiger partial charge is 0.467 e. The highest BCUT2D eigenvalue weighted by Gasteiger charge is 2.11. The average Bonchev–Trinajstić information content (AvgIpc) is 3.27. The Morgan fingerprint density at radius 3 is 2.88 bits per heavy atom. The second kappa shape index (κ2) is 8.12. The Balaban J connectivity index is 1.52. The molecule has 2 heterocycles. The molecule has 0 aliphatic rings. The molecule has 8 nitrogen and oxygen atoms in total. The molecular weight excluding hydrogens is 340 g/mol. The third kappa shape index (κ3) is 4.68. The first-order valence-corrected chi connectivity index (χ1v) is 8.40. The predicted octanol–water partition coefficient (Wildman–Crippen LogP) is 2.11. The number of furan rings is 1. The molecule has 0 saturated heterocycles. The zero-order chi connectivity index (χ0) is 17.5. The maximum absolute atomic E-state index is 12.1. The minimum Gasteiger partial charge on any atom is -0.467 e. The van der Waals surface area contributed by atoms with Gasteiger partial charge < -0.3 is 9.73 Å². The van der Waals surface area contributed by atoms with Gasteiger partial charge in [0.05, 0.1) is 24.5 Å². The minimum absolute atomic E-state index is 0.161. The fourth-order valence-corrected chi connectivity index (χ4v) is 2.75. The lowest BCUT2D eigenvalue weighted by atomic mass is 10.1. The molecule has 0 fully saturated rings. The van der Waals surface area contributed by atoms with Crippen LogP contribution in [0.3, 0.4) is 0 Å². The van der Waals surface area contributed by atoms with Crippen molar-refractivity contribution < 1.29 is 9.21 Å². The molecule has 1 amide bonds. The van der Waals surface area contributed by atoms with Gasteiger partial charge in [-0.2, -0.15) is 5.26 Å². The number of nitriles is 1. The van der Waals surface area contributed by atoms with Crippen molar-refractivity contribution in [3.8, 4) is 6.07 Å². The molecule has 0 radical (unpaired) electrons. The second-order valence-electron chi connectivity index (χ2n) is 5.07. The molecule has 0 bridgehead atoms. The number of carbonyl (C=O) groups is 1. The van der Waals surface area contributed by atoms with Gasteiger partial charge in [-0.25, -0.2) is 4.68 Å². The van der Waals surface area contributed by atoms with E-state index in [-0.39, 0.29) is 11.7 Å². The molecule has 0 atom stereocenters. The fraction of sp³-hybridized carbons (Fsp3) is 0.188. The monoisotopic (exact) mass is 354 g/mol. The van der Waals surface area contributed by atoms with Gasteiger partial charge in [-0.3, -0.25) is 4.79 Å². The number of amides is 1. The highest BCUT2D eigenvalue weighted by molar-refractivity contribution is 7.99. The van der Waals surface area contributed by atoms with E-state index in [0.29, 0.717) is 23.8 Å². The van der Waals surface area contributed by atoms with Crippen molar-refractivity contribution in [2.75, 3.05) is 11.1 Å². The van der Waals surface area contributed by atoms with Crippen LogP contribution in [0, 0.1) is 11.3 Å². The first-order valence-electron chi connectivity index (χ1n) is 7.41. The van der Waals surface area contributed by atoms with Gasteiger partial charge >= 0.3 is 0 Å². The number of aromatic nitrogens is 4. The second-order valence-corrected chi connectivity index (χ2v) is 6.01. The van der Waals surface area contributed by atoms with Crippen LogP contribution in [0.2, 0.25) is 0 Å². The Hall–Kier alpha value is -3.12. The van der Waals surface area contributed by atoms with Crippen LogP contribution in [0.15, 0.2) is 52.2 Å². The Kier molecular flexibility index (Phi) is 5.43. The summed E-state index contributed by atoms with van der Waals surface area (Å²) < 4.78 is 6.85. The van der Waals surface area contributed by atoms with E-state index in [0.717, 1.165) is 11.3 Å². The molecule has 0 unspecified atom stereocenters. The topological polar surface area (TPSA) is 110 Å². The quantitative estimate of drug-likeness (QED) is 0.647. The van der Waals surface area contributed by atoms with Crippen molar-refractivity contribution in [3.63, 3.8) is 0 Å². The summed E-state index contributed by atoms with van der Waals surface area (Å²) in [5.41, 5.74) is 1.59. The first-order chi connectivity index (χ1) is 12.2. The number of benzene rings is 1. The number of nitrogens with one attached hydrogen (secondary N) is 1. The minimum atomic E-state index is -0.161. The molecule has 1 aromatic carbocycles. The molecule has 3 aromatic rings. The van der Waals surface area contributed by atoms with Gasteiger partial charge in [0.2, 0.25) is 11.1 Å². The molecule has 2 aromatic heterocycles. The first kappa shape index (κ1) is 16.7. The van der Waals surface area contributed by atoms with Gasteiger partial charge in [0.25, 0.3) is 0 Å². The summed E-state index contributed by atoms with van der Waals surface area (Å²) in [4.78, 5) is 12.1. The maximum Gasteiger partial charge on any atom is 0.234 e. The van der Waals surface area contributed by atoms with E-state index in [1.165, 1.54) is 11.8 Å². The number of nitrogens with zero attached hydrogens (tertiary/aromatic N) is 5. The fourth-order valence-electron chi connectivity index (χ4n) is 2.07.